The van der Waals surface area contributed by atoms with Gasteiger partial charge in [-0.3, -0.25) is 24.3 Å². The number of carbonyl (C=O) groups excluding carboxylic acids is 3. The van der Waals surface area contributed by atoms with E-state index in [-0.39, 0.29) is 54.4 Å². The van der Waals surface area contributed by atoms with Crippen molar-refractivity contribution in [3.8, 4) is 0 Å². The van der Waals surface area contributed by atoms with E-state index in [1.165, 1.54) is 4.90 Å². The van der Waals surface area contributed by atoms with Crippen molar-refractivity contribution in [1.82, 2.24) is 9.88 Å². The van der Waals surface area contributed by atoms with Gasteiger partial charge in [-0.15, -0.1) is 0 Å². The van der Waals surface area contributed by atoms with Crippen molar-refractivity contribution in [3.05, 3.63) is 48.7 Å². The minimum absolute atomic E-state index is 0.102. The van der Waals surface area contributed by atoms with Crippen LogP contribution in [0, 0.1) is 23.7 Å². The maximum absolute atomic E-state index is 12.6. The zero-order chi connectivity index (χ0) is 18.5. The number of allylic oxidation sites excluding steroid dienone is 2. The zero-order valence-electron chi connectivity index (χ0n) is 14.7. The molecule has 6 nitrogen and oxygen atoms in total. The Kier molecular flexibility index (Phi) is 3.60. The summed E-state index contributed by atoms with van der Waals surface area (Å²) in [6.45, 7) is 0.144. The highest BCUT2D eigenvalue weighted by Gasteiger charge is 2.58. The fourth-order valence-electron chi connectivity index (χ4n) is 4.77. The lowest BCUT2D eigenvalue weighted by Crippen LogP contribution is -2.35. The average Bonchev–Trinajstić information content (AvgIpc) is 3.35. The molecule has 4 atom stereocenters. The summed E-state index contributed by atoms with van der Waals surface area (Å²) in [5.74, 6) is -0.440. The molecule has 1 N–H and O–H groups in total. The summed E-state index contributed by atoms with van der Waals surface area (Å²) < 4.78 is 0. The Bertz CT molecular complexity index is 969. The third kappa shape index (κ3) is 2.55. The fraction of sp³-hybridized carbons (Fsp3) is 0.333. The van der Waals surface area contributed by atoms with Gasteiger partial charge in [-0.1, -0.05) is 18.2 Å². The molecular weight excluding hydrogens is 342 g/mol. The average molecular weight is 361 g/mol. The van der Waals surface area contributed by atoms with Gasteiger partial charge in [0.2, 0.25) is 17.7 Å². The minimum Gasteiger partial charge on any atom is -0.326 e. The highest BCUT2D eigenvalue weighted by Crippen LogP contribution is 2.52. The van der Waals surface area contributed by atoms with Crippen molar-refractivity contribution in [2.24, 2.45) is 23.7 Å². The number of hydrogen-bond acceptors (Lipinski definition) is 4. The fourth-order valence-corrected chi connectivity index (χ4v) is 4.77. The molecule has 1 aliphatic heterocycles. The Labute approximate surface area is 156 Å². The second-order valence-corrected chi connectivity index (χ2v) is 7.54. The van der Waals surface area contributed by atoms with E-state index in [9.17, 15) is 14.4 Å². The quantitative estimate of drug-likeness (QED) is 0.670. The molecule has 1 saturated heterocycles. The molecule has 1 saturated carbocycles. The second-order valence-electron chi connectivity index (χ2n) is 7.54. The Morgan fingerprint density at radius 1 is 1.11 bits per heavy atom. The second kappa shape index (κ2) is 6.01. The number of hydrogen-bond donors (Lipinski definition) is 1. The maximum Gasteiger partial charge on any atom is 0.233 e. The molecule has 6 heteroatoms. The van der Waals surface area contributed by atoms with E-state index < -0.39 is 0 Å². The van der Waals surface area contributed by atoms with Gasteiger partial charge in [0.15, 0.2) is 0 Å². The van der Waals surface area contributed by atoms with Crippen LogP contribution in [-0.4, -0.2) is 34.2 Å². The molecule has 136 valence electrons. The molecule has 2 heterocycles. The Morgan fingerprint density at radius 2 is 1.85 bits per heavy atom. The number of imide groups is 1. The molecule has 1 aromatic heterocycles. The number of anilines is 1. The van der Waals surface area contributed by atoms with E-state index >= 15 is 0 Å². The summed E-state index contributed by atoms with van der Waals surface area (Å²) >= 11 is 0. The number of nitrogens with zero attached hydrogens (tertiary/aromatic N) is 2. The maximum atomic E-state index is 12.6. The molecule has 27 heavy (non-hydrogen) atoms. The Hall–Kier alpha value is -3.02. The molecule has 5 rings (SSSR count). The van der Waals surface area contributed by atoms with Gasteiger partial charge >= 0.3 is 0 Å². The van der Waals surface area contributed by atoms with E-state index in [1.54, 1.807) is 12.3 Å². The summed E-state index contributed by atoms with van der Waals surface area (Å²) in [4.78, 5) is 43.1. The van der Waals surface area contributed by atoms with Crippen LogP contribution in [-0.2, 0) is 14.4 Å². The molecule has 2 fully saturated rings. The van der Waals surface area contributed by atoms with Crippen LogP contribution in [0.3, 0.4) is 0 Å². The van der Waals surface area contributed by atoms with E-state index in [1.807, 2.05) is 24.3 Å². The number of carbonyl (C=O) groups is 3. The predicted octanol–water partition coefficient (Wildman–Crippen LogP) is 2.37. The topological polar surface area (TPSA) is 79.4 Å². The van der Waals surface area contributed by atoms with Gasteiger partial charge in [-0.05, 0) is 42.5 Å². The van der Waals surface area contributed by atoms with Crippen molar-refractivity contribution in [1.29, 1.82) is 0 Å². The van der Waals surface area contributed by atoms with Crippen LogP contribution in [0.15, 0.2) is 48.7 Å². The van der Waals surface area contributed by atoms with Gasteiger partial charge in [-0.25, -0.2) is 0 Å². The third-order valence-corrected chi connectivity index (χ3v) is 6.01. The molecule has 0 radical (unpaired) electrons. The first-order valence-corrected chi connectivity index (χ1v) is 9.30. The van der Waals surface area contributed by atoms with Crippen molar-refractivity contribution in [2.45, 2.75) is 12.8 Å². The minimum atomic E-state index is -0.211. The molecule has 1 aromatic carbocycles. The van der Waals surface area contributed by atoms with Gasteiger partial charge in [0.1, 0.15) is 0 Å². The lowest BCUT2D eigenvalue weighted by atomic mass is 9.85. The van der Waals surface area contributed by atoms with Crippen LogP contribution in [0.1, 0.15) is 12.8 Å². The van der Waals surface area contributed by atoms with Gasteiger partial charge in [0.05, 0.1) is 17.4 Å². The molecule has 3 aliphatic rings. The molecular formula is C21H19N3O3. The zero-order valence-corrected chi connectivity index (χ0v) is 14.7. The summed E-state index contributed by atoms with van der Waals surface area (Å²) in [6.07, 6.45) is 6.88. The number of fused-ring (bicyclic) bond motifs is 6. The number of pyridine rings is 1. The lowest BCUT2D eigenvalue weighted by Gasteiger charge is -2.17. The van der Waals surface area contributed by atoms with Gasteiger partial charge in [0, 0.05) is 30.2 Å². The van der Waals surface area contributed by atoms with Crippen LogP contribution in [0.25, 0.3) is 10.9 Å². The standard InChI is InChI=1S/C21H19N3O3/c25-17(23-15-5-6-16-12(11-15)2-1-8-22-16)7-9-24-20(26)18-13-3-4-14(10-13)19(18)21(24)27/h1-6,8,11,13-14,18-19H,7,9-10H2,(H,23,25)/t13-,14-,18-,19+/m0/s1. The third-order valence-electron chi connectivity index (χ3n) is 6.01. The van der Waals surface area contributed by atoms with E-state index in [0.717, 1.165) is 17.3 Å². The molecule has 2 bridgehead atoms. The van der Waals surface area contributed by atoms with Crippen molar-refractivity contribution >= 4 is 34.3 Å². The van der Waals surface area contributed by atoms with E-state index in [2.05, 4.69) is 22.5 Å². The number of likely N-dealkylation sites (tertiary alicyclic amines) is 1. The number of rotatable bonds is 4. The van der Waals surface area contributed by atoms with Crippen LogP contribution >= 0.6 is 0 Å². The Balaban J connectivity index is 1.23. The molecule has 0 spiro atoms. The number of nitrogens with one attached hydrogen (secondary N) is 1. The van der Waals surface area contributed by atoms with E-state index in [4.69, 9.17) is 0 Å². The molecule has 3 amide bonds. The van der Waals surface area contributed by atoms with Crippen LogP contribution < -0.4 is 5.32 Å². The summed E-state index contributed by atoms with van der Waals surface area (Å²) in [7, 11) is 0. The van der Waals surface area contributed by atoms with Gasteiger partial charge in [0.25, 0.3) is 0 Å². The van der Waals surface area contributed by atoms with Crippen LogP contribution in [0.5, 0.6) is 0 Å². The van der Waals surface area contributed by atoms with Crippen molar-refractivity contribution in [3.63, 3.8) is 0 Å². The van der Waals surface area contributed by atoms with Crippen molar-refractivity contribution in [2.75, 3.05) is 11.9 Å². The SMILES string of the molecule is O=C(CCN1C(=O)[C@@H]2[C@H](C1=O)[C@H]1C=C[C@H]2C1)Nc1ccc2ncccc2c1. The number of amides is 3. The van der Waals surface area contributed by atoms with Crippen LogP contribution in [0.4, 0.5) is 5.69 Å². The molecule has 2 aromatic rings. The summed E-state index contributed by atoms with van der Waals surface area (Å²) in [5.41, 5.74) is 1.54. The highest BCUT2D eigenvalue weighted by atomic mass is 16.2. The number of aromatic nitrogens is 1. The number of benzene rings is 1. The van der Waals surface area contributed by atoms with Gasteiger partial charge < -0.3 is 5.32 Å². The Morgan fingerprint density at radius 3 is 2.59 bits per heavy atom. The highest BCUT2D eigenvalue weighted by molar-refractivity contribution is 6.06. The predicted molar refractivity (Wildman–Crippen MR) is 99.4 cm³/mol. The summed E-state index contributed by atoms with van der Waals surface area (Å²) in [6, 6.07) is 9.29. The van der Waals surface area contributed by atoms with E-state index in [0.29, 0.717) is 5.69 Å². The van der Waals surface area contributed by atoms with Crippen molar-refractivity contribution < 1.29 is 14.4 Å². The summed E-state index contributed by atoms with van der Waals surface area (Å²) in [5, 5.41) is 3.78. The monoisotopic (exact) mass is 361 g/mol. The smallest absolute Gasteiger partial charge is 0.233 e. The first kappa shape index (κ1) is 16.2. The first-order valence-electron chi connectivity index (χ1n) is 9.30. The first-order chi connectivity index (χ1) is 13.1. The van der Waals surface area contributed by atoms with Crippen LogP contribution in [0.2, 0.25) is 0 Å². The molecule has 0 unspecified atom stereocenters. The normalized spacial score (nSPS) is 28.2. The largest absolute Gasteiger partial charge is 0.326 e. The lowest BCUT2D eigenvalue weighted by molar-refractivity contribution is -0.140. The molecule has 2 aliphatic carbocycles. The van der Waals surface area contributed by atoms with Gasteiger partial charge in [-0.2, -0.15) is 0 Å².